The lowest BCUT2D eigenvalue weighted by Gasteiger charge is -2.17. The van der Waals surface area contributed by atoms with Gasteiger partial charge in [0, 0.05) is 16.8 Å². The molecule has 4 rings (SSSR count). The number of aryl methyl sites for hydroxylation is 1. The molecule has 35 heavy (non-hydrogen) atoms. The summed E-state index contributed by atoms with van der Waals surface area (Å²) in [5.74, 6) is -1.22. The smallest absolute Gasteiger partial charge is 0.344 e. The monoisotopic (exact) mass is 467 g/mol. The Bertz CT molecular complexity index is 1410. The highest BCUT2D eigenvalue weighted by Crippen LogP contribution is 2.32. The van der Waals surface area contributed by atoms with Gasteiger partial charge in [0.25, 0.3) is 5.56 Å². The van der Waals surface area contributed by atoms with E-state index < -0.39 is 17.4 Å². The summed E-state index contributed by atoms with van der Waals surface area (Å²) >= 11 is 0. The van der Waals surface area contributed by atoms with E-state index in [1.54, 1.807) is 18.2 Å². The molecule has 0 atom stereocenters. The predicted octanol–water partition coefficient (Wildman–Crippen LogP) is 4.57. The van der Waals surface area contributed by atoms with Crippen LogP contribution < -0.4 is 10.9 Å². The first-order valence-corrected chi connectivity index (χ1v) is 11.3. The lowest BCUT2D eigenvalue weighted by atomic mass is 9.95. The number of hydrogen-bond acceptors (Lipinski definition) is 5. The van der Waals surface area contributed by atoms with Crippen molar-refractivity contribution in [2.45, 2.75) is 19.9 Å². The molecule has 0 bridgehead atoms. The second-order valence-electron chi connectivity index (χ2n) is 7.84. The number of para-hydroxylation sites is 1. The van der Waals surface area contributed by atoms with Crippen LogP contribution in [-0.2, 0) is 22.5 Å². The fourth-order valence-corrected chi connectivity index (χ4v) is 3.93. The summed E-state index contributed by atoms with van der Waals surface area (Å²) in [5.41, 5.74) is 2.88. The maximum atomic E-state index is 13.5. The minimum absolute atomic E-state index is 0.172. The Morgan fingerprint density at radius 3 is 2.11 bits per heavy atom. The summed E-state index contributed by atoms with van der Waals surface area (Å²) in [7, 11) is 1.22. The molecule has 4 aromatic rings. The van der Waals surface area contributed by atoms with Crippen LogP contribution in [0.4, 0.5) is 5.69 Å². The molecule has 0 spiro atoms. The first-order chi connectivity index (χ1) is 17.0. The van der Waals surface area contributed by atoms with Crippen LogP contribution in [-0.4, -0.2) is 28.8 Å². The first kappa shape index (κ1) is 23.6. The van der Waals surface area contributed by atoms with Crippen molar-refractivity contribution in [2.75, 3.05) is 12.4 Å². The van der Waals surface area contributed by atoms with Crippen molar-refractivity contribution in [2.24, 2.45) is 0 Å². The zero-order chi connectivity index (χ0) is 24.8. The fourth-order valence-electron chi connectivity index (χ4n) is 3.93. The minimum Gasteiger partial charge on any atom is -0.465 e. The van der Waals surface area contributed by atoms with Crippen molar-refractivity contribution in [3.05, 3.63) is 106 Å². The number of anilines is 1. The van der Waals surface area contributed by atoms with E-state index in [-0.39, 0.29) is 12.1 Å². The number of methoxy groups -OCH3 is 1. The van der Waals surface area contributed by atoms with Gasteiger partial charge in [0.15, 0.2) is 0 Å². The van der Waals surface area contributed by atoms with Gasteiger partial charge in [-0.15, -0.1) is 0 Å². The molecule has 0 saturated carbocycles. The highest BCUT2D eigenvalue weighted by molar-refractivity contribution is 6.01. The number of nitrogens with one attached hydrogen (secondary N) is 1. The lowest BCUT2D eigenvalue weighted by Crippen LogP contribution is -2.34. The molecule has 0 saturated heterocycles. The zero-order valence-electron chi connectivity index (χ0n) is 19.5. The van der Waals surface area contributed by atoms with E-state index in [1.807, 2.05) is 73.7 Å². The van der Waals surface area contributed by atoms with Gasteiger partial charge in [0.2, 0.25) is 5.91 Å². The van der Waals surface area contributed by atoms with E-state index in [0.29, 0.717) is 28.1 Å². The van der Waals surface area contributed by atoms with E-state index in [0.717, 1.165) is 16.7 Å². The number of hydrogen-bond donors (Lipinski definition) is 1. The minimum atomic E-state index is -0.793. The molecular formula is C28H25N3O4. The molecule has 0 aliphatic carbocycles. The number of carbonyl (C=O) groups excluding carboxylic acids is 2. The second kappa shape index (κ2) is 10.6. The van der Waals surface area contributed by atoms with E-state index in [1.165, 1.54) is 7.11 Å². The van der Waals surface area contributed by atoms with Gasteiger partial charge in [0.1, 0.15) is 12.1 Å². The number of rotatable bonds is 7. The van der Waals surface area contributed by atoms with Crippen molar-refractivity contribution in [3.63, 3.8) is 0 Å². The normalized spacial score (nSPS) is 10.6. The van der Waals surface area contributed by atoms with E-state index in [2.05, 4.69) is 10.4 Å². The van der Waals surface area contributed by atoms with Crippen LogP contribution in [0.25, 0.3) is 22.4 Å². The van der Waals surface area contributed by atoms with Crippen molar-refractivity contribution in [1.82, 2.24) is 9.78 Å². The molecule has 0 aliphatic rings. The molecule has 1 heterocycles. The molecule has 3 aromatic carbocycles. The molecular weight excluding hydrogens is 442 g/mol. The van der Waals surface area contributed by atoms with Crippen LogP contribution in [0.2, 0.25) is 0 Å². The summed E-state index contributed by atoms with van der Waals surface area (Å²) < 4.78 is 5.99. The zero-order valence-corrected chi connectivity index (χ0v) is 19.5. The Labute approximate surface area is 203 Å². The molecule has 176 valence electrons. The van der Waals surface area contributed by atoms with Crippen molar-refractivity contribution in [1.29, 1.82) is 0 Å². The van der Waals surface area contributed by atoms with Crippen LogP contribution in [0.15, 0.2) is 89.7 Å². The molecule has 0 unspecified atom stereocenters. The van der Waals surface area contributed by atoms with Crippen LogP contribution in [0.1, 0.15) is 22.8 Å². The Morgan fingerprint density at radius 1 is 0.886 bits per heavy atom. The summed E-state index contributed by atoms with van der Waals surface area (Å²) in [4.78, 5) is 39.3. The molecule has 7 heteroatoms. The number of ether oxygens (including phenoxy) is 1. The number of carbonyl (C=O) groups is 2. The summed E-state index contributed by atoms with van der Waals surface area (Å²) in [5, 5.41) is 7.41. The number of aromatic nitrogens is 2. The number of esters is 1. The van der Waals surface area contributed by atoms with Crippen LogP contribution in [0, 0.1) is 0 Å². The molecule has 7 nitrogen and oxygen atoms in total. The van der Waals surface area contributed by atoms with Gasteiger partial charge >= 0.3 is 5.97 Å². The van der Waals surface area contributed by atoms with Gasteiger partial charge in [-0.25, -0.2) is 9.48 Å². The van der Waals surface area contributed by atoms with E-state index >= 15 is 0 Å². The fraction of sp³-hybridized carbons (Fsp3) is 0.143. The molecule has 0 fully saturated rings. The maximum Gasteiger partial charge on any atom is 0.344 e. The average molecular weight is 468 g/mol. The van der Waals surface area contributed by atoms with Crippen LogP contribution in [0.5, 0.6) is 0 Å². The lowest BCUT2D eigenvalue weighted by molar-refractivity contribution is -0.117. The molecule has 0 radical (unpaired) electrons. The average Bonchev–Trinajstić information content (AvgIpc) is 2.90. The topological polar surface area (TPSA) is 90.3 Å². The highest BCUT2D eigenvalue weighted by atomic mass is 16.5. The largest absolute Gasteiger partial charge is 0.465 e. The van der Waals surface area contributed by atoms with Gasteiger partial charge in [-0.1, -0.05) is 85.8 Å². The van der Waals surface area contributed by atoms with Crippen molar-refractivity contribution < 1.29 is 14.3 Å². The summed E-state index contributed by atoms with van der Waals surface area (Å²) in [6.07, 6.45) is 0.741. The SMILES string of the molecule is CCc1ccccc1NC(=O)Cn1nc(-c2ccccc2)c(-c2ccccc2)c(C(=O)OC)c1=O. The van der Waals surface area contributed by atoms with Gasteiger partial charge in [-0.05, 0) is 23.6 Å². The van der Waals surface area contributed by atoms with Crippen molar-refractivity contribution in [3.8, 4) is 22.4 Å². The Hall–Kier alpha value is -4.52. The Morgan fingerprint density at radius 2 is 1.49 bits per heavy atom. The number of amides is 1. The molecule has 1 N–H and O–H groups in total. The van der Waals surface area contributed by atoms with Gasteiger partial charge in [-0.3, -0.25) is 9.59 Å². The van der Waals surface area contributed by atoms with Crippen LogP contribution in [0.3, 0.4) is 0 Å². The quantitative estimate of drug-likeness (QED) is 0.402. The third-order valence-electron chi connectivity index (χ3n) is 5.62. The Kier molecular flexibility index (Phi) is 7.16. The van der Waals surface area contributed by atoms with E-state index in [4.69, 9.17) is 4.74 Å². The third kappa shape index (κ3) is 5.04. The molecule has 1 aromatic heterocycles. The maximum absolute atomic E-state index is 13.5. The van der Waals surface area contributed by atoms with Gasteiger partial charge < -0.3 is 10.1 Å². The predicted molar refractivity (Wildman–Crippen MR) is 135 cm³/mol. The van der Waals surface area contributed by atoms with E-state index in [9.17, 15) is 14.4 Å². The Balaban J connectivity index is 1.87. The second-order valence-corrected chi connectivity index (χ2v) is 7.84. The van der Waals surface area contributed by atoms with Crippen LogP contribution >= 0.6 is 0 Å². The highest BCUT2D eigenvalue weighted by Gasteiger charge is 2.26. The molecule has 0 aliphatic heterocycles. The summed E-state index contributed by atoms with van der Waals surface area (Å²) in [6.45, 7) is 1.63. The van der Waals surface area contributed by atoms with Crippen molar-refractivity contribution >= 4 is 17.6 Å². The first-order valence-electron chi connectivity index (χ1n) is 11.3. The summed E-state index contributed by atoms with van der Waals surface area (Å²) in [6, 6.07) is 25.8. The standard InChI is InChI=1S/C28H25N3O4/c1-3-19-12-10-11-17-22(19)29-23(32)18-31-27(33)25(28(34)35-2)24(20-13-6-4-7-14-20)26(30-31)21-15-8-5-9-16-21/h4-17H,3,18H2,1-2H3,(H,29,32). The van der Waals surface area contributed by atoms with Gasteiger partial charge in [0.05, 0.1) is 12.8 Å². The third-order valence-corrected chi connectivity index (χ3v) is 5.62. The van der Waals surface area contributed by atoms with Gasteiger partial charge in [-0.2, -0.15) is 5.10 Å². The number of nitrogens with zero attached hydrogens (tertiary/aromatic N) is 2. The number of benzene rings is 3. The molecule has 1 amide bonds.